The minimum Gasteiger partial charge on any atom is -0.367 e. The van der Waals surface area contributed by atoms with Crippen molar-refractivity contribution < 1.29 is 19.1 Å². The zero-order valence-corrected chi connectivity index (χ0v) is 13.9. The third kappa shape index (κ3) is 2.57. The number of halogens is 1. The molecule has 2 heterocycles. The van der Waals surface area contributed by atoms with Gasteiger partial charge >= 0.3 is 0 Å². The maximum absolute atomic E-state index is 12.5. The van der Waals surface area contributed by atoms with Crippen LogP contribution >= 0.6 is 15.9 Å². The van der Waals surface area contributed by atoms with E-state index in [0.29, 0.717) is 12.8 Å². The van der Waals surface area contributed by atoms with Crippen molar-refractivity contribution in [3.05, 3.63) is 40.7 Å². The maximum atomic E-state index is 12.5. The van der Waals surface area contributed by atoms with E-state index >= 15 is 0 Å². The molecule has 121 valence electrons. The summed E-state index contributed by atoms with van der Waals surface area (Å²) < 4.78 is 6.30. The molecule has 2 unspecified atom stereocenters. The van der Waals surface area contributed by atoms with E-state index in [1.807, 2.05) is 24.3 Å². The van der Waals surface area contributed by atoms with Gasteiger partial charge in [0.05, 0.1) is 12.5 Å². The van der Waals surface area contributed by atoms with E-state index in [-0.39, 0.29) is 19.1 Å². The van der Waals surface area contributed by atoms with Crippen molar-refractivity contribution in [3.8, 4) is 0 Å². The van der Waals surface area contributed by atoms with E-state index in [0.717, 1.165) is 10.0 Å². The third-order valence-electron chi connectivity index (χ3n) is 4.41. The summed E-state index contributed by atoms with van der Waals surface area (Å²) in [7, 11) is 0. The van der Waals surface area contributed by atoms with Crippen molar-refractivity contribution >= 4 is 33.5 Å². The summed E-state index contributed by atoms with van der Waals surface area (Å²) in [5, 5.41) is 0. The Morgan fingerprint density at radius 3 is 2.74 bits per heavy atom. The molecule has 2 amide bonds. The fourth-order valence-corrected chi connectivity index (χ4v) is 3.54. The average Bonchev–Trinajstić information content (AvgIpc) is 3.06. The predicted molar refractivity (Wildman–Crippen MR) is 85.1 cm³/mol. The Hall–Kier alpha value is -1.73. The number of nitrogens with two attached hydrogens (primary N) is 1. The highest BCUT2D eigenvalue weighted by atomic mass is 79.9. The van der Waals surface area contributed by atoms with Gasteiger partial charge in [-0.25, -0.2) is 0 Å². The first kappa shape index (κ1) is 16.1. The normalized spacial score (nSPS) is 26.4. The molecule has 0 spiro atoms. The lowest BCUT2D eigenvalue weighted by molar-refractivity contribution is -0.148. The van der Waals surface area contributed by atoms with Gasteiger partial charge in [-0.05, 0) is 30.5 Å². The van der Waals surface area contributed by atoms with Crippen LogP contribution in [0.4, 0.5) is 0 Å². The fourth-order valence-electron chi connectivity index (χ4n) is 3.27. The fraction of sp³-hybridized carbons (Fsp3) is 0.375. The molecule has 7 heteroatoms. The second-order valence-electron chi connectivity index (χ2n) is 5.67. The Bertz CT molecular complexity index is 661. The van der Waals surface area contributed by atoms with E-state index in [4.69, 9.17) is 10.5 Å². The molecule has 0 bridgehead atoms. The molecule has 1 aromatic carbocycles. The highest BCUT2D eigenvalue weighted by Crippen LogP contribution is 2.37. The first-order chi connectivity index (χ1) is 11.0. The SMILES string of the molecule is NC(=O)C12C(=O)COC1CCN2C(=O)[CH]Cc1ccc(Br)cc1. The number of rotatable bonds is 4. The topological polar surface area (TPSA) is 89.7 Å². The number of ether oxygens (including phenoxy) is 1. The van der Waals surface area contributed by atoms with Gasteiger partial charge in [0.25, 0.3) is 5.91 Å². The number of Topliss-reactive ketones (excluding diaryl/α,β-unsaturated/α-hetero) is 1. The standard InChI is InChI=1S/C16H16BrN2O4/c17-11-4-1-10(2-5-11)3-6-14(21)19-8-7-13-16(19,15(18)22)12(20)9-23-13/h1-2,4-6,13H,3,7-9H2,(H2,18,22). The van der Waals surface area contributed by atoms with Crippen molar-refractivity contribution in [2.24, 2.45) is 5.73 Å². The summed E-state index contributed by atoms with van der Waals surface area (Å²) in [6.45, 7) is 0.110. The molecule has 1 aromatic rings. The molecule has 0 aromatic heterocycles. The van der Waals surface area contributed by atoms with Gasteiger partial charge in [0.15, 0.2) is 5.78 Å². The Balaban J connectivity index is 1.75. The van der Waals surface area contributed by atoms with Crippen LogP contribution in [0.2, 0.25) is 0 Å². The molecule has 6 nitrogen and oxygen atoms in total. The smallest absolute Gasteiger partial charge is 0.254 e. The van der Waals surface area contributed by atoms with Gasteiger partial charge in [-0.15, -0.1) is 0 Å². The van der Waals surface area contributed by atoms with Crippen LogP contribution in [0.3, 0.4) is 0 Å². The summed E-state index contributed by atoms with van der Waals surface area (Å²) in [5.41, 5.74) is 4.79. The number of ketones is 1. The van der Waals surface area contributed by atoms with Crippen molar-refractivity contribution in [1.29, 1.82) is 0 Å². The second kappa shape index (κ2) is 6.05. The minimum absolute atomic E-state index is 0.176. The van der Waals surface area contributed by atoms with E-state index in [1.54, 1.807) is 0 Å². The summed E-state index contributed by atoms with van der Waals surface area (Å²) in [6, 6.07) is 7.57. The number of fused-ring (bicyclic) bond motifs is 1. The monoisotopic (exact) mass is 379 g/mol. The molecule has 2 fully saturated rings. The Kier molecular flexibility index (Phi) is 4.25. The molecule has 2 atom stereocenters. The van der Waals surface area contributed by atoms with E-state index < -0.39 is 23.3 Å². The largest absolute Gasteiger partial charge is 0.367 e. The third-order valence-corrected chi connectivity index (χ3v) is 4.94. The van der Waals surface area contributed by atoms with Gasteiger partial charge in [0.1, 0.15) is 6.61 Å². The highest BCUT2D eigenvalue weighted by molar-refractivity contribution is 9.10. The predicted octanol–water partition coefficient (Wildman–Crippen LogP) is 0.620. The molecular formula is C16H16BrN2O4. The van der Waals surface area contributed by atoms with E-state index in [2.05, 4.69) is 15.9 Å². The number of carbonyl (C=O) groups is 3. The molecule has 2 aliphatic heterocycles. The summed E-state index contributed by atoms with van der Waals surface area (Å²) in [6.07, 6.45) is 1.70. The Morgan fingerprint density at radius 1 is 1.39 bits per heavy atom. The zero-order chi connectivity index (χ0) is 16.6. The summed E-state index contributed by atoms with van der Waals surface area (Å²) >= 11 is 3.35. The molecule has 3 rings (SSSR count). The van der Waals surface area contributed by atoms with Crippen LogP contribution in [-0.2, 0) is 25.5 Å². The van der Waals surface area contributed by atoms with Crippen LogP contribution in [0, 0.1) is 6.42 Å². The van der Waals surface area contributed by atoms with Crippen LogP contribution in [0.5, 0.6) is 0 Å². The number of likely N-dealkylation sites (tertiary alicyclic amines) is 1. The highest BCUT2D eigenvalue weighted by Gasteiger charge is 2.64. The van der Waals surface area contributed by atoms with E-state index in [1.165, 1.54) is 11.3 Å². The quantitative estimate of drug-likeness (QED) is 0.776. The number of carbonyl (C=O) groups excluding carboxylic acids is 3. The lowest BCUT2D eigenvalue weighted by Gasteiger charge is -2.32. The van der Waals surface area contributed by atoms with Gasteiger partial charge in [-0.1, -0.05) is 28.1 Å². The summed E-state index contributed by atoms with van der Waals surface area (Å²) in [5.74, 6) is -1.61. The molecule has 2 aliphatic rings. The van der Waals surface area contributed by atoms with Gasteiger partial charge in [-0.3, -0.25) is 14.4 Å². The van der Waals surface area contributed by atoms with Crippen LogP contribution in [0.1, 0.15) is 12.0 Å². The molecule has 2 N–H and O–H groups in total. The van der Waals surface area contributed by atoms with Crippen LogP contribution in [0.25, 0.3) is 0 Å². The average molecular weight is 380 g/mol. The van der Waals surface area contributed by atoms with Gasteiger partial charge < -0.3 is 15.4 Å². The van der Waals surface area contributed by atoms with Crippen molar-refractivity contribution in [2.45, 2.75) is 24.5 Å². The van der Waals surface area contributed by atoms with Crippen LogP contribution in [0.15, 0.2) is 28.7 Å². The van der Waals surface area contributed by atoms with Crippen molar-refractivity contribution in [3.63, 3.8) is 0 Å². The first-order valence-corrected chi connectivity index (χ1v) is 8.09. The Morgan fingerprint density at radius 2 is 2.09 bits per heavy atom. The number of nitrogens with zero attached hydrogens (tertiary/aromatic N) is 1. The van der Waals surface area contributed by atoms with Crippen LogP contribution in [-0.4, -0.2) is 47.3 Å². The molecule has 0 aliphatic carbocycles. The minimum atomic E-state index is -1.63. The summed E-state index contributed by atoms with van der Waals surface area (Å²) in [4.78, 5) is 38.0. The number of hydrogen-bond donors (Lipinski definition) is 1. The van der Waals surface area contributed by atoms with Crippen LogP contribution < -0.4 is 5.73 Å². The molecular weight excluding hydrogens is 364 g/mol. The second-order valence-corrected chi connectivity index (χ2v) is 6.58. The lowest BCUT2D eigenvalue weighted by atomic mass is 9.89. The molecule has 23 heavy (non-hydrogen) atoms. The number of benzene rings is 1. The van der Waals surface area contributed by atoms with Crippen molar-refractivity contribution in [2.75, 3.05) is 13.2 Å². The van der Waals surface area contributed by atoms with E-state index in [9.17, 15) is 14.4 Å². The van der Waals surface area contributed by atoms with Gasteiger partial charge in [0.2, 0.25) is 11.4 Å². The first-order valence-electron chi connectivity index (χ1n) is 7.30. The number of primary amides is 1. The van der Waals surface area contributed by atoms with Crippen molar-refractivity contribution in [1.82, 2.24) is 4.90 Å². The number of hydrogen-bond acceptors (Lipinski definition) is 4. The molecule has 0 saturated carbocycles. The van der Waals surface area contributed by atoms with Gasteiger partial charge in [-0.2, -0.15) is 0 Å². The van der Waals surface area contributed by atoms with Gasteiger partial charge in [0, 0.05) is 11.0 Å². The lowest BCUT2D eigenvalue weighted by Crippen LogP contribution is -2.63. The number of amides is 2. The molecule has 1 radical (unpaired) electrons. The molecule has 2 saturated heterocycles. The zero-order valence-electron chi connectivity index (χ0n) is 12.3. The Labute approximate surface area is 142 Å². The maximum Gasteiger partial charge on any atom is 0.254 e.